The molecule has 0 fully saturated rings. The van der Waals surface area contributed by atoms with Crippen LogP contribution in [0.2, 0.25) is 0 Å². The van der Waals surface area contributed by atoms with Crippen LogP contribution < -0.4 is 5.73 Å². The van der Waals surface area contributed by atoms with Crippen molar-refractivity contribution in [3.8, 4) is 0 Å². The molecule has 2 rings (SSSR count). The van der Waals surface area contributed by atoms with Crippen LogP contribution in [0.3, 0.4) is 0 Å². The van der Waals surface area contributed by atoms with Crippen LogP contribution in [-0.2, 0) is 12.3 Å². The summed E-state index contributed by atoms with van der Waals surface area (Å²) in [4.78, 5) is 1.98. The van der Waals surface area contributed by atoms with E-state index in [1.165, 1.54) is 35.7 Å². The zero-order valence-electron chi connectivity index (χ0n) is 13.8. The summed E-state index contributed by atoms with van der Waals surface area (Å²) in [6.07, 6.45) is 1.51. The van der Waals surface area contributed by atoms with Crippen molar-refractivity contribution in [1.29, 1.82) is 0 Å². The van der Waals surface area contributed by atoms with Gasteiger partial charge in [0.1, 0.15) is 5.82 Å². The summed E-state index contributed by atoms with van der Waals surface area (Å²) in [7, 11) is 3.88. The maximum Gasteiger partial charge on any atom is 0.180 e. The van der Waals surface area contributed by atoms with Crippen molar-refractivity contribution in [2.75, 3.05) is 14.1 Å². The van der Waals surface area contributed by atoms with Gasteiger partial charge in [0.25, 0.3) is 0 Å². The van der Waals surface area contributed by atoms with Crippen LogP contribution in [0, 0.1) is 5.82 Å². The number of hydrogen-bond acceptors (Lipinski definition) is 4. The van der Waals surface area contributed by atoms with Gasteiger partial charge in [0.15, 0.2) is 5.17 Å². The van der Waals surface area contributed by atoms with Crippen LogP contribution in [0.15, 0.2) is 58.7 Å². The third kappa shape index (κ3) is 6.52. The summed E-state index contributed by atoms with van der Waals surface area (Å²) in [5.74, 6) is 0.449. The van der Waals surface area contributed by atoms with E-state index in [1.54, 1.807) is 0 Å². The molecule has 0 unspecified atom stereocenters. The number of nitrogens with two attached hydrogens (primary N) is 1. The van der Waals surface area contributed by atoms with Crippen LogP contribution >= 0.6 is 11.8 Å². The van der Waals surface area contributed by atoms with Gasteiger partial charge in [-0.1, -0.05) is 42.1 Å². The first-order valence-corrected chi connectivity index (χ1v) is 8.49. The minimum Gasteiger partial charge on any atom is -0.377 e. The Morgan fingerprint density at radius 2 is 1.92 bits per heavy atom. The zero-order chi connectivity index (χ0) is 17.4. The normalized spacial score (nSPS) is 12.2. The van der Waals surface area contributed by atoms with Gasteiger partial charge in [-0.2, -0.15) is 5.10 Å². The van der Waals surface area contributed by atoms with Crippen molar-refractivity contribution >= 4 is 23.1 Å². The lowest BCUT2D eigenvalue weighted by atomic mass is 10.1. The SMILES string of the molecule is CN(C)Cc1cc(F)cc(C=NN=C(N)SCc2ccccc2)c1. The van der Waals surface area contributed by atoms with E-state index in [0.717, 1.165) is 11.3 Å². The minimum absolute atomic E-state index is 0.286. The maximum atomic E-state index is 13.6. The molecule has 126 valence electrons. The van der Waals surface area contributed by atoms with Gasteiger partial charge < -0.3 is 10.6 Å². The van der Waals surface area contributed by atoms with Crippen molar-refractivity contribution in [3.05, 3.63) is 71.0 Å². The third-order valence-corrected chi connectivity index (χ3v) is 3.93. The molecule has 0 aliphatic heterocycles. The highest BCUT2D eigenvalue weighted by Crippen LogP contribution is 2.12. The number of benzene rings is 2. The fourth-order valence-electron chi connectivity index (χ4n) is 2.12. The second-order valence-corrected chi connectivity index (χ2v) is 6.58. The molecule has 0 aromatic heterocycles. The first-order chi connectivity index (χ1) is 11.5. The Morgan fingerprint density at radius 1 is 1.17 bits per heavy atom. The number of thioether (sulfide) groups is 1. The quantitative estimate of drug-likeness (QED) is 0.496. The van der Waals surface area contributed by atoms with E-state index in [1.807, 2.05) is 55.4 Å². The van der Waals surface area contributed by atoms with E-state index in [2.05, 4.69) is 10.2 Å². The highest BCUT2D eigenvalue weighted by Gasteiger charge is 2.01. The Hall–Kier alpha value is -2.18. The molecule has 24 heavy (non-hydrogen) atoms. The molecule has 0 saturated heterocycles. The van der Waals surface area contributed by atoms with Crippen LogP contribution in [0.25, 0.3) is 0 Å². The lowest BCUT2D eigenvalue weighted by Crippen LogP contribution is -2.11. The predicted octanol–water partition coefficient (Wildman–Crippen LogP) is 3.47. The molecule has 0 spiro atoms. The Labute approximate surface area is 146 Å². The minimum atomic E-state index is -0.286. The highest BCUT2D eigenvalue weighted by molar-refractivity contribution is 8.13. The monoisotopic (exact) mass is 344 g/mol. The zero-order valence-corrected chi connectivity index (χ0v) is 14.6. The number of nitrogens with zero attached hydrogens (tertiary/aromatic N) is 3. The molecule has 2 aromatic rings. The van der Waals surface area contributed by atoms with Crippen LogP contribution in [0.4, 0.5) is 4.39 Å². The molecule has 2 N–H and O–H groups in total. The summed E-state index contributed by atoms with van der Waals surface area (Å²) < 4.78 is 13.6. The molecule has 0 atom stereocenters. The molecule has 2 aromatic carbocycles. The summed E-state index contributed by atoms with van der Waals surface area (Å²) >= 11 is 1.41. The van der Waals surface area contributed by atoms with Gasteiger partial charge in [0, 0.05) is 12.3 Å². The number of halogens is 1. The van der Waals surface area contributed by atoms with Crippen molar-refractivity contribution < 1.29 is 4.39 Å². The Balaban J connectivity index is 1.95. The molecular weight excluding hydrogens is 323 g/mol. The lowest BCUT2D eigenvalue weighted by Gasteiger charge is -2.10. The molecule has 0 heterocycles. The summed E-state index contributed by atoms with van der Waals surface area (Å²) in [6, 6.07) is 14.8. The third-order valence-electron chi connectivity index (χ3n) is 3.07. The standard InChI is InChI=1S/C18H21FN4S/c1-23(2)12-16-8-15(9-17(19)10-16)11-21-22-18(20)24-13-14-6-4-3-5-7-14/h3-11H,12-13H2,1-2H3,(H2,20,22). The van der Waals surface area contributed by atoms with E-state index in [4.69, 9.17) is 5.73 Å². The van der Waals surface area contributed by atoms with Crippen molar-refractivity contribution in [1.82, 2.24) is 4.90 Å². The maximum absolute atomic E-state index is 13.6. The summed E-state index contributed by atoms with van der Waals surface area (Å²) in [6.45, 7) is 0.664. The Kier molecular flexibility index (Phi) is 6.96. The lowest BCUT2D eigenvalue weighted by molar-refractivity contribution is 0.401. The van der Waals surface area contributed by atoms with E-state index in [-0.39, 0.29) is 5.82 Å². The molecule has 4 nitrogen and oxygen atoms in total. The Morgan fingerprint density at radius 3 is 2.62 bits per heavy atom. The molecule has 0 aliphatic rings. The number of hydrogen-bond donors (Lipinski definition) is 1. The van der Waals surface area contributed by atoms with Gasteiger partial charge in [0.2, 0.25) is 0 Å². The predicted molar refractivity (Wildman–Crippen MR) is 101 cm³/mol. The molecule has 0 saturated carbocycles. The van der Waals surface area contributed by atoms with E-state index < -0.39 is 0 Å². The summed E-state index contributed by atoms with van der Waals surface area (Å²) in [5, 5.41) is 8.28. The van der Waals surface area contributed by atoms with E-state index in [9.17, 15) is 4.39 Å². The van der Waals surface area contributed by atoms with Gasteiger partial charge in [-0.05, 0) is 49.0 Å². The van der Waals surface area contributed by atoms with Gasteiger partial charge in [-0.3, -0.25) is 0 Å². The summed E-state index contributed by atoms with van der Waals surface area (Å²) in [5.41, 5.74) is 8.55. The second kappa shape index (κ2) is 9.20. The molecule has 0 bridgehead atoms. The van der Waals surface area contributed by atoms with Crippen molar-refractivity contribution in [2.24, 2.45) is 15.9 Å². The van der Waals surface area contributed by atoms with Crippen LogP contribution in [0.1, 0.15) is 16.7 Å². The topological polar surface area (TPSA) is 54.0 Å². The largest absolute Gasteiger partial charge is 0.377 e. The van der Waals surface area contributed by atoms with Crippen molar-refractivity contribution in [2.45, 2.75) is 12.3 Å². The number of rotatable bonds is 6. The number of amidine groups is 1. The van der Waals surface area contributed by atoms with E-state index >= 15 is 0 Å². The molecule has 6 heteroatoms. The van der Waals surface area contributed by atoms with Crippen LogP contribution in [0.5, 0.6) is 0 Å². The van der Waals surface area contributed by atoms with Gasteiger partial charge >= 0.3 is 0 Å². The Bertz CT molecular complexity index is 714. The fraction of sp³-hybridized carbons (Fsp3) is 0.222. The van der Waals surface area contributed by atoms with Gasteiger partial charge in [-0.25, -0.2) is 4.39 Å². The van der Waals surface area contributed by atoms with Gasteiger partial charge in [-0.15, -0.1) is 5.10 Å². The fourth-order valence-corrected chi connectivity index (χ4v) is 2.73. The van der Waals surface area contributed by atoms with E-state index in [0.29, 0.717) is 17.3 Å². The average Bonchev–Trinajstić information content (AvgIpc) is 2.53. The first kappa shape index (κ1) is 18.2. The molecule has 0 amide bonds. The molecule has 0 aliphatic carbocycles. The molecular formula is C18H21FN4S. The second-order valence-electron chi connectivity index (χ2n) is 5.59. The average molecular weight is 344 g/mol. The smallest absolute Gasteiger partial charge is 0.180 e. The molecule has 0 radical (unpaired) electrons. The first-order valence-electron chi connectivity index (χ1n) is 7.50. The van der Waals surface area contributed by atoms with Crippen LogP contribution in [-0.4, -0.2) is 30.4 Å². The highest BCUT2D eigenvalue weighted by atomic mass is 32.2. The van der Waals surface area contributed by atoms with Gasteiger partial charge in [0.05, 0.1) is 6.21 Å². The van der Waals surface area contributed by atoms with Crippen molar-refractivity contribution in [3.63, 3.8) is 0 Å².